The normalized spacial score (nSPS) is 10.7. The van der Waals surface area contributed by atoms with Gasteiger partial charge in [0.25, 0.3) is 0 Å². The largest absolute Gasteiger partial charge is 0.494 e. The van der Waals surface area contributed by atoms with Crippen molar-refractivity contribution in [2.45, 2.75) is 18.4 Å². The van der Waals surface area contributed by atoms with Gasteiger partial charge in [-0.2, -0.15) is 5.10 Å². The second-order valence-electron chi connectivity index (χ2n) is 5.19. The molecule has 4 nitrogen and oxygen atoms in total. The average molecular weight is 358 g/mol. The summed E-state index contributed by atoms with van der Waals surface area (Å²) in [7, 11) is 0. The zero-order valence-corrected chi connectivity index (χ0v) is 15.1. The van der Waals surface area contributed by atoms with Crippen molar-refractivity contribution < 1.29 is 4.74 Å². The van der Waals surface area contributed by atoms with Crippen molar-refractivity contribution in [3.8, 4) is 11.4 Å². The molecule has 0 aliphatic rings. The lowest BCUT2D eigenvalue weighted by molar-refractivity contribution is 0.340. The molecule has 0 atom stereocenters. The van der Waals surface area contributed by atoms with Crippen molar-refractivity contribution in [1.82, 2.24) is 14.8 Å². The quantitative estimate of drug-likeness (QED) is 0.619. The number of hydrogen-bond acceptors (Lipinski definition) is 4. The molecule has 1 heterocycles. The fraction of sp³-hybridized carbons (Fsp3) is 0.222. The van der Waals surface area contributed by atoms with Crippen LogP contribution in [0.25, 0.3) is 5.69 Å². The van der Waals surface area contributed by atoms with Crippen molar-refractivity contribution in [2.24, 2.45) is 0 Å². The lowest BCUT2D eigenvalue weighted by atomic mass is 10.2. The van der Waals surface area contributed by atoms with Gasteiger partial charge in [-0.3, -0.25) is 9.67 Å². The van der Waals surface area contributed by atoms with Crippen LogP contribution in [0.2, 0.25) is 0 Å². The summed E-state index contributed by atoms with van der Waals surface area (Å²) >= 11 is 7.21. The highest BCUT2D eigenvalue weighted by atomic mass is 32.2. The number of hydrogen-bond donors (Lipinski definition) is 1. The molecule has 0 spiro atoms. The third-order valence-corrected chi connectivity index (χ3v) is 4.76. The highest BCUT2D eigenvalue weighted by Crippen LogP contribution is 2.21. The zero-order chi connectivity index (χ0) is 16.8. The molecule has 0 aliphatic carbocycles. The number of rotatable bonds is 7. The molecule has 3 rings (SSSR count). The van der Waals surface area contributed by atoms with E-state index in [0.29, 0.717) is 11.4 Å². The summed E-state index contributed by atoms with van der Waals surface area (Å²) in [4.78, 5) is 0. The van der Waals surface area contributed by atoms with Gasteiger partial charge in [0, 0.05) is 11.4 Å². The lowest BCUT2D eigenvalue weighted by Gasteiger charge is -2.08. The van der Waals surface area contributed by atoms with Crippen LogP contribution in [0, 0.1) is 4.77 Å². The molecule has 0 fully saturated rings. The van der Waals surface area contributed by atoms with E-state index in [1.54, 1.807) is 0 Å². The van der Waals surface area contributed by atoms with Crippen molar-refractivity contribution in [2.75, 3.05) is 6.61 Å². The highest BCUT2D eigenvalue weighted by Gasteiger charge is 2.09. The molecule has 2 aromatic carbocycles. The minimum Gasteiger partial charge on any atom is -0.494 e. The van der Waals surface area contributed by atoms with E-state index in [2.05, 4.69) is 34.5 Å². The van der Waals surface area contributed by atoms with Gasteiger partial charge in [-0.15, -0.1) is 11.8 Å². The van der Waals surface area contributed by atoms with Crippen LogP contribution in [0.3, 0.4) is 0 Å². The van der Waals surface area contributed by atoms with E-state index in [1.807, 2.05) is 53.6 Å². The topological polar surface area (TPSA) is 42.8 Å². The molecule has 0 saturated carbocycles. The summed E-state index contributed by atoms with van der Waals surface area (Å²) in [5.74, 6) is 3.51. The van der Waals surface area contributed by atoms with Gasteiger partial charge in [-0.1, -0.05) is 30.3 Å². The molecule has 24 heavy (non-hydrogen) atoms. The molecule has 0 saturated heterocycles. The third kappa shape index (κ3) is 4.07. The minimum absolute atomic E-state index is 0.606. The van der Waals surface area contributed by atoms with Gasteiger partial charge in [-0.05, 0) is 49.0 Å². The van der Waals surface area contributed by atoms with Gasteiger partial charge in [0.05, 0.1) is 12.4 Å². The summed E-state index contributed by atoms with van der Waals surface area (Å²) < 4.78 is 8.07. The third-order valence-electron chi connectivity index (χ3n) is 3.49. The minimum atomic E-state index is 0.606. The van der Waals surface area contributed by atoms with Crippen molar-refractivity contribution >= 4 is 24.0 Å². The SMILES string of the molecule is CCOc1ccc(-n2c(CSCc3ccccc3)n[nH]c2=S)cc1. The van der Waals surface area contributed by atoms with E-state index in [4.69, 9.17) is 17.0 Å². The van der Waals surface area contributed by atoms with Crippen molar-refractivity contribution in [3.63, 3.8) is 0 Å². The van der Waals surface area contributed by atoms with E-state index in [1.165, 1.54) is 5.56 Å². The Morgan fingerprint density at radius 2 is 1.83 bits per heavy atom. The lowest BCUT2D eigenvalue weighted by Crippen LogP contribution is -2.01. The molecule has 1 N–H and O–H groups in total. The van der Waals surface area contributed by atoms with Crippen LogP contribution in [0.5, 0.6) is 5.75 Å². The van der Waals surface area contributed by atoms with Crippen LogP contribution >= 0.6 is 24.0 Å². The summed E-state index contributed by atoms with van der Waals surface area (Å²) in [6.07, 6.45) is 0. The molecule has 0 amide bonds. The fourth-order valence-electron chi connectivity index (χ4n) is 2.39. The summed E-state index contributed by atoms with van der Waals surface area (Å²) in [6, 6.07) is 18.3. The Morgan fingerprint density at radius 1 is 1.08 bits per heavy atom. The maximum Gasteiger partial charge on any atom is 0.199 e. The van der Waals surface area contributed by atoms with Crippen LogP contribution in [0.4, 0.5) is 0 Å². The number of aromatic amines is 1. The number of aromatic nitrogens is 3. The first kappa shape index (κ1) is 16.8. The van der Waals surface area contributed by atoms with Gasteiger partial charge in [0.15, 0.2) is 4.77 Å². The highest BCUT2D eigenvalue weighted by molar-refractivity contribution is 7.97. The molecule has 0 bridgehead atoms. The van der Waals surface area contributed by atoms with Gasteiger partial charge < -0.3 is 4.74 Å². The second kappa shape index (κ2) is 8.17. The molecular formula is C18H19N3OS2. The number of thioether (sulfide) groups is 1. The van der Waals surface area contributed by atoms with Crippen molar-refractivity contribution in [3.05, 3.63) is 70.8 Å². The molecule has 1 aromatic heterocycles. The first-order chi connectivity index (χ1) is 11.8. The van der Waals surface area contributed by atoms with Crippen LogP contribution in [-0.2, 0) is 11.5 Å². The Hall–Kier alpha value is -2.05. The monoisotopic (exact) mass is 357 g/mol. The van der Waals surface area contributed by atoms with E-state index < -0.39 is 0 Å². The van der Waals surface area contributed by atoms with Crippen LogP contribution < -0.4 is 4.74 Å². The van der Waals surface area contributed by atoms with E-state index in [-0.39, 0.29) is 0 Å². The van der Waals surface area contributed by atoms with Gasteiger partial charge in [0.2, 0.25) is 0 Å². The number of H-pyrrole nitrogens is 1. The molecule has 0 unspecified atom stereocenters. The van der Waals surface area contributed by atoms with Gasteiger partial charge in [-0.25, -0.2) is 0 Å². The maximum absolute atomic E-state index is 5.49. The molecule has 0 aliphatic heterocycles. The summed E-state index contributed by atoms with van der Waals surface area (Å²) in [6.45, 7) is 2.63. The fourth-order valence-corrected chi connectivity index (χ4v) is 3.55. The zero-order valence-electron chi connectivity index (χ0n) is 13.4. The van der Waals surface area contributed by atoms with Crippen molar-refractivity contribution in [1.29, 1.82) is 0 Å². The predicted molar refractivity (Wildman–Crippen MR) is 101 cm³/mol. The molecule has 0 radical (unpaired) electrons. The van der Waals surface area contributed by atoms with Gasteiger partial charge in [0.1, 0.15) is 11.6 Å². The smallest absolute Gasteiger partial charge is 0.199 e. The van der Waals surface area contributed by atoms with Crippen LogP contribution in [0.15, 0.2) is 54.6 Å². The number of ether oxygens (including phenoxy) is 1. The Labute approximate surface area is 150 Å². The Balaban J connectivity index is 1.72. The first-order valence-electron chi connectivity index (χ1n) is 7.79. The Morgan fingerprint density at radius 3 is 2.54 bits per heavy atom. The average Bonchev–Trinajstić information content (AvgIpc) is 2.98. The van der Waals surface area contributed by atoms with Crippen LogP contribution in [0.1, 0.15) is 18.3 Å². The molecular weight excluding hydrogens is 338 g/mol. The molecule has 124 valence electrons. The Bertz CT molecular complexity index is 825. The molecule has 6 heteroatoms. The summed E-state index contributed by atoms with van der Waals surface area (Å²) in [5.41, 5.74) is 2.30. The number of nitrogens with one attached hydrogen (secondary N) is 1. The summed E-state index contributed by atoms with van der Waals surface area (Å²) in [5, 5.41) is 7.27. The van der Waals surface area contributed by atoms with Crippen LogP contribution in [-0.4, -0.2) is 21.4 Å². The van der Waals surface area contributed by atoms with E-state index in [0.717, 1.165) is 28.8 Å². The van der Waals surface area contributed by atoms with Gasteiger partial charge >= 0.3 is 0 Å². The number of benzene rings is 2. The maximum atomic E-state index is 5.49. The standard InChI is InChI=1S/C18H19N3OS2/c1-2-22-16-10-8-15(9-11-16)21-17(19-20-18(21)23)13-24-12-14-6-4-3-5-7-14/h3-11H,2,12-13H2,1H3,(H,20,23). The van der Waals surface area contributed by atoms with E-state index in [9.17, 15) is 0 Å². The first-order valence-corrected chi connectivity index (χ1v) is 9.35. The predicted octanol–water partition coefficient (Wildman–Crippen LogP) is 4.76. The second-order valence-corrected chi connectivity index (χ2v) is 6.56. The van der Waals surface area contributed by atoms with E-state index >= 15 is 0 Å². The number of nitrogens with zero attached hydrogens (tertiary/aromatic N) is 2. The molecule has 3 aromatic rings. The Kier molecular flexibility index (Phi) is 5.72.